The molecule has 1 atom stereocenters. The number of carboxylic acids is 1. The van der Waals surface area contributed by atoms with Crippen molar-refractivity contribution in [1.29, 1.82) is 0 Å². The molecule has 1 N–H and O–H groups in total. The maximum atomic E-state index is 10.4. The van der Waals surface area contributed by atoms with Crippen LogP contribution in [0, 0.1) is 5.92 Å². The van der Waals surface area contributed by atoms with Gasteiger partial charge in [0.05, 0.1) is 11.6 Å². The predicted octanol–water partition coefficient (Wildman–Crippen LogP) is 1.59. The Balaban J connectivity index is 2.58. The molecule has 1 aromatic heterocycles. The highest BCUT2D eigenvalue weighted by Gasteiger charge is 2.13. The number of hydrogen-bond donors (Lipinski definition) is 1. The van der Waals surface area contributed by atoms with E-state index in [9.17, 15) is 4.79 Å². The van der Waals surface area contributed by atoms with E-state index in [0.29, 0.717) is 12.1 Å². The quantitative estimate of drug-likeness (QED) is 0.785. The molecule has 0 aliphatic heterocycles. The Morgan fingerprint density at radius 2 is 2.58 bits per heavy atom. The van der Waals surface area contributed by atoms with Crippen LogP contribution in [0.4, 0.5) is 0 Å². The molecule has 0 aliphatic rings. The van der Waals surface area contributed by atoms with Gasteiger partial charge in [0.2, 0.25) is 0 Å². The van der Waals surface area contributed by atoms with E-state index in [4.69, 9.17) is 21.1 Å². The average Bonchev–Trinajstić information content (AvgIpc) is 2.35. The molecule has 1 unspecified atom stereocenters. The van der Waals surface area contributed by atoms with Crippen LogP contribution in [0.15, 0.2) is 10.7 Å². The molecule has 1 heterocycles. The van der Waals surface area contributed by atoms with E-state index in [1.54, 1.807) is 6.92 Å². The van der Waals surface area contributed by atoms with Crippen LogP contribution in [0.2, 0.25) is 5.35 Å². The molecule has 0 spiro atoms. The number of aromatic nitrogens is 1. The third-order valence-electron chi connectivity index (χ3n) is 1.46. The number of hydrogen-bond acceptors (Lipinski definition) is 3. The molecule has 1 rings (SSSR count). The lowest BCUT2D eigenvalue weighted by Gasteiger charge is -2.00. The maximum Gasteiger partial charge on any atom is 0.306 e. The fourth-order valence-corrected chi connectivity index (χ4v) is 0.930. The number of aliphatic carboxylic acids is 1. The first-order chi connectivity index (χ1) is 5.59. The summed E-state index contributed by atoms with van der Waals surface area (Å²) >= 11 is 5.40. The summed E-state index contributed by atoms with van der Waals surface area (Å²) in [5, 5.41) is 8.60. The molecule has 5 heteroatoms. The highest BCUT2D eigenvalue weighted by molar-refractivity contribution is 6.27. The molecular weight excluding hydrogens is 182 g/mol. The Labute approximate surface area is 74.2 Å². The highest BCUT2D eigenvalue weighted by atomic mass is 35.5. The van der Waals surface area contributed by atoms with Crippen molar-refractivity contribution in [2.24, 2.45) is 5.92 Å². The minimum absolute atomic E-state index is 0.0441. The minimum Gasteiger partial charge on any atom is -0.481 e. The number of carbonyl (C=O) groups is 1. The van der Waals surface area contributed by atoms with E-state index < -0.39 is 11.9 Å². The molecule has 0 fully saturated rings. The third kappa shape index (κ3) is 2.23. The summed E-state index contributed by atoms with van der Waals surface area (Å²) in [6.45, 7) is 1.60. The molecule has 0 saturated carbocycles. The summed E-state index contributed by atoms with van der Waals surface area (Å²) in [4.78, 5) is 14.2. The van der Waals surface area contributed by atoms with Crippen molar-refractivity contribution in [1.82, 2.24) is 4.98 Å². The lowest BCUT2D eigenvalue weighted by atomic mass is 10.1. The Kier molecular flexibility index (Phi) is 2.70. The summed E-state index contributed by atoms with van der Waals surface area (Å²) < 4.78 is 4.71. The van der Waals surface area contributed by atoms with E-state index >= 15 is 0 Å². The van der Waals surface area contributed by atoms with Crippen molar-refractivity contribution in [2.75, 3.05) is 0 Å². The van der Waals surface area contributed by atoms with Crippen LogP contribution < -0.4 is 0 Å². The van der Waals surface area contributed by atoms with Crippen LogP contribution in [0.3, 0.4) is 0 Å². The Morgan fingerprint density at radius 1 is 1.92 bits per heavy atom. The van der Waals surface area contributed by atoms with E-state index in [1.165, 1.54) is 6.26 Å². The lowest BCUT2D eigenvalue weighted by molar-refractivity contribution is -0.141. The van der Waals surface area contributed by atoms with Gasteiger partial charge in [-0.25, -0.2) is 4.98 Å². The van der Waals surface area contributed by atoms with Crippen molar-refractivity contribution in [3.05, 3.63) is 17.3 Å². The van der Waals surface area contributed by atoms with Crippen molar-refractivity contribution >= 4 is 17.6 Å². The zero-order valence-corrected chi connectivity index (χ0v) is 7.21. The largest absolute Gasteiger partial charge is 0.481 e. The van der Waals surface area contributed by atoms with Crippen LogP contribution in [0.25, 0.3) is 0 Å². The zero-order valence-electron chi connectivity index (χ0n) is 6.45. The van der Waals surface area contributed by atoms with Gasteiger partial charge < -0.3 is 9.52 Å². The van der Waals surface area contributed by atoms with Gasteiger partial charge in [-0.05, 0) is 11.6 Å². The summed E-state index contributed by atoms with van der Waals surface area (Å²) in [6.07, 6.45) is 1.70. The monoisotopic (exact) mass is 189 g/mol. The average molecular weight is 190 g/mol. The van der Waals surface area contributed by atoms with Crippen molar-refractivity contribution in [3.8, 4) is 0 Å². The second kappa shape index (κ2) is 3.58. The predicted molar refractivity (Wildman–Crippen MR) is 42.0 cm³/mol. The van der Waals surface area contributed by atoms with Gasteiger partial charge in [0.1, 0.15) is 6.26 Å². The van der Waals surface area contributed by atoms with Crippen LogP contribution in [-0.4, -0.2) is 16.1 Å². The first-order valence-corrected chi connectivity index (χ1v) is 3.80. The first-order valence-electron chi connectivity index (χ1n) is 3.42. The number of halogens is 1. The standard InChI is InChI=1S/C7H8ClNO3/c1-4(6(10)11)2-5-3-12-7(8)9-5/h3-4H,2H2,1H3,(H,10,11). The number of oxazole rings is 1. The van der Waals surface area contributed by atoms with Gasteiger partial charge in [0, 0.05) is 6.42 Å². The van der Waals surface area contributed by atoms with E-state index in [1.807, 2.05) is 0 Å². The SMILES string of the molecule is CC(Cc1coc(Cl)n1)C(=O)O. The lowest BCUT2D eigenvalue weighted by Crippen LogP contribution is -2.12. The van der Waals surface area contributed by atoms with Gasteiger partial charge in [-0.3, -0.25) is 4.79 Å². The van der Waals surface area contributed by atoms with Crippen LogP contribution in [-0.2, 0) is 11.2 Å². The van der Waals surface area contributed by atoms with Gasteiger partial charge in [-0.15, -0.1) is 0 Å². The molecule has 66 valence electrons. The Hall–Kier alpha value is -1.03. The van der Waals surface area contributed by atoms with Gasteiger partial charge in [0.25, 0.3) is 5.35 Å². The second-order valence-electron chi connectivity index (χ2n) is 2.54. The summed E-state index contributed by atoms with van der Waals surface area (Å²) in [7, 11) is 0. The van der Waals surface area contributed by atoms with Crippen molar-refractivity contribution in [2.45, 2.75) is 13.3 Å². The Bertz CT molecular complexity index is 284. The molecule has 0 saturated heterocycles. The molecule has 4 nitrogen and oxygen atoms in total. The molecule has 0 amide bonds. The summed E-state index contributed by atoms with van der Waals surface area (Å²) in [5.41, 5.74) is 0.565. The van der Waals surface area contributed by atoms with Gasteiger partial charge in [-0.2, -0.15) is 0 Å². The van der Waals surface area contributed by atoms with Crippen LogP contribution in [0.5, 0.6) is 0 Å². The first kappa shape index (κ1) is 9.06. The fraction of sp³-hybridized carbons (Fsp3) is 0.429. The van der Waals surface area contributed by atoms with Crippen molar-refractivity contribution < 1.29 is 14.3 Å². The highest BCUT2D eigenvalue weighted by Crippen LogP contribution is 2.11. The minimum atomic E-state index is -0.853. The smallest absolute Gasteiger partial charge is 0.306 e. The van der Waals surface area contributed by atoms with Gasteiger partial charge in [-0.1, -0.05) is 6.92 Å². The maximum absolute atomic E-state index is 10.4. The van der Waals surface area contributed by atoms with Gasteiger partial charge >= 0.3 is 5.97 Å². The molecule has 0 aliphatic carbocycles. The second-order valence-corrected chi connectivity index (χ2v) is 2.86. The normalized spacial score (nSPS) is 12.8. The molecular formula is C7H8ClNO3. The molecule has 0 radical (unpaired) electrons. The molecule has 0 aromatic carbocycles. The van der Waals surface area contributed by atoms with E-state index in [0.717, 1.165) is 0 Å². The zero-order chi connectivity index (χ0) is 9.14. The summed E-state index contributed by atoms with van der Waals surface area (Å²) in [6, 6.07) is 0. The van der Waals surface area contributed by atoms with Crippen molar-refractivity contribution in [3.63, 3.8) is 0 Å². The topological polar surface area (TPSA) is 63.3 Å². The van der Waals surface area contributed by atoms with Crippen LogP contribution >= 0.6 is 11.6 Å². The van der Waals surface area contributed by atoms with E-state index in [2.05, 4.69) is 4.98 Å². The molecule has 0 bridgehead atoms. The van der Waals surface area contributed by atoms with Crippen LogP contribution in [0.1, 0.15) is 12.6 Å². The fourth-order valence-electron chi connectivity index (χ4n) is 0.777. The Morgan fingerprint density at radius 3 is 3.00 bits per heavy atom. The number of nitrogens with zero attached hydrogens (tertiary/aromatic N) is 1. The summed E-state index contributed by atoms with van der Waals surface area (Å²) in [5.74, 6) is -1.32. The molecule has 1 aromatic rings. The molecule has 12 heavy (non-hydrogen) atoms. The van der Waals surface area contributed by atoms with E-state index in [-0.39, 0.29) is 5.35 Å². The number of rotatable bonds is 3. The van der Waals surface area contributed by atoms with Gasteiger partial charge in [0.15, 0.2) is 0 Å². The third-order valence-corrected chi connectivity index (χ3v) is 1.63. The number of carboxylic acid groups (broad SMARTS) is 1.